The molecule has 2 aromatic carbocycles. The highest BCUT2D eigenvalue weighted by atomic mass is 127. The molecular weight excluding hydrogens is 349 g/mol. The summed E-state index contributed by atoms with van der Waals surface area (Å²) < 4.78 is 3.38. The van der Waals surface area contributed by atoms with Gasteiger partial charge in [-0.3, -0.25) is 0 Å². The van der Waals surface area contributed by atoms with Crippen LogP contribution < -0.4 is 5.32 Å². The summed E-state index contributed by atoms with van der Waals surface area (Å²) in [7, 11) is 2.06. The van der Waals surface area contributed by atoms with E-state index < -0.39 is 0 Å². The monoisotopic (exact) mass is 363 g/mol. The van der Waals surface area contributed by atoms with Crippen LogP contribution in [-0.4, -0.2) is 9.55 Å². The first kappa shape index (κ1) is 12.5. The van der Waals surface area contributed by atoms with Crippen molar-refractivity contribution in [1.29, 1.82) is 0 Å². The largest absolute Gasteiger partial charge is 0.378 e. The number of nitrogens with one attached hydrogen (secondary N) is 1. The second kappa shape index (κ2) is 5.21. The van der Waals surface area contributed by atoms with Gasteiger partial charge in [0.1, 0.15) is 5.82 Å². The highest BCUT2D eigenvalue weighted by molar-refractivity contribution is 14.1. The van der Waals surface area contributed by atoms with E-state index in [1.165, 1.54) is 9.09 Å². The molecule has 0 bridgehead atoms. The van der Waals surface area contributed by atoms with Crippen LogP contribution in [0.2, 0.25) is 0 Å². The third kappa shape index (κ3) is 2.58. The smallest absolute Gasteiger partial charge is 0.128 e. The maximum atomic E-state index is 4.64. The van der Waals surface area contributed by atoms with Crippen molar-refractivity contribution < 1.29 is 0 Å². The van der Waals surface area contributed by atoms with Crippen LogP contribution in [0.3, 0.4) is 0 Å². The normalized spacial score (nSPS) is 10.8. The number of imidazole rings is 1. The molecule has 0 aliphatic rings. The lowest BCUT2D eigenvalue weighted by molar-refractivity contribution is 0.834. The number of hydrogen-bond acceptors (Lipinski definition) is 2. The molecule has 3 nitrogen and oxygen atoms in total. The van der Waals surface area contributed by atoms with Gasteiger partial charge in [0.05, 0.1) is 17.6 Å². The van der Waals surface area contributed by atoms with Crippen molar-refractivity contribution >= 4 is 39.3 Å². The number of benzene rings is 2. The minimum atomic E-state index is 0.728. The highest BCUT2D eigenvalue weighted by Crippen LogP contribution is 2.16. The van der Waals surface area contributed by atoms with Crippen LogP contribution in [0.4, 0.5) is 5.69 Å². The predicted octanol–water partition coefficient (Wildman–Crippen LogP) is 3.79. The first-order valence-electron chi connectivity index (χ1n) is 6.14. The van der Waals surface area contributed by atoms with Crippen LogP contribution in [0.15, 0.2) is 48.5 Å². The zero-order valence-electron chi connectivity index (χ0n) is 10.6. The number of fused-ring (bicyclic) bond motifs is 1. The third-order valence-electron chi connectivity index (χ3n) is 3.17. The van der Waals surface area contributed by atoms with Gasteiger partial charge in [-0.15, -0.1) is 0 Å². The number of halogens is 1. The van der Waals surface area contributed by atoms with Crippen molar-refractivity contribution in [3.8, 4) is 0 Å². The fourth-order valence-corrected chi connectivity index (χ4v) is 2.46. The van der Waals surface area contributed by atoms with Gasteiger partial charge in [-0.25, -0.2) is 4.98 Å². The molecule has 0 fully saturated rings. The molecule has 0 saturated carbocycles. The Balaban J connectivity index is 1.82. The number of para-hydroxylation sites is 2. The van der Waals surface area contributed by atoms with Gasteiger partial charge in [0.2, 0.25) is 0 Å². The van der Waals surface area contributed by atoms with E-state index in [1.54, 1.807) is 0 Å². The second-order valence-corrected chi connectivity index (χ2v) is 5.68. The van der Waals surface area contributed by atoms with Gasteiger partial charge in [0, 0.05) is 16.3 Å². The van der Waals surface area contributed by atoms with Crippen molar-refractivity contribution in [2.24, 2.45) is 7.05 Å². The molecule has 0 radical (unpaired) electrons. The van der Waals surface area contributed by atoms with Crippen molar-refractivity contribution in [3.63, 3.8) is 0 Å². The van der Waals surface area contributed by atoms with Gasteiger partial charge in [0.15, 0.2) is 0 Å². The van der Waals surface area contributed by atoms with Crippen LogP contribution >= 0.6 is 22.6 Å². The van der Waals surface area contributed by atoms with E-state index in [4.69, 9.17) is 0 Å². The summed E-state index contributed by atoms with van der Waals surface area (Å²) in [6, 6.07) is 16.6. The maximum absolute atomic E-state index is 4.64. The standard InChI is InChI=1S/C15H14IN3/c1-19-14-5-3-2-4-13(14)18-15(19)10-17-12-8-6-11(16)7-9-12/h2-9,17H,10H2,1H3. The van der Waals surface area contributed by atoms with Crippen molar-refractivity contribution in [2.75, 3.05) is 5.32 Å². The minimum Gasteiger partial charge on any atom is -0.378 e. The van der Waals surface area contributed by atoms with Crippen LogP contribution in [0, 0.1) is 3.57 Å². The third-order valence-corrected chi connectivity index (χ3v) is 3.89. The van der Waals surface area contributed by atoms with Crippen molar-refractivity contribution in [3.05, 3.63) is 57.9 Å². The Hall–Kier alpha value is -1.56. The molecule has 3 rings (SSSR count). The molecule has 1 N–H and O–H groups in total. The summed E-state index contributed by atoms with van der Waals surface area (Å²) in [5.41, 5.74) is 3.33. The zero-order valence-corrected chi connectivity index (χ0v) is 12.8. The van der Waals surface area contributed by atoms with E-state index in [0.717, 1.165) is 23.6 Å². The number of rotatable bonds is 3. The summed E-state index contributed by atoms with van der Waals surface area (Å²) >= 11 is 2.31. The average Bonchev–Trinajstić information content (AvgIpc) is 2.76. The van der Waals surface area contributed by atoms with Gasteiger partial charge in [-0.05, 0) is 59.0 Å². The molecule has 96 valence electrons. The Bertz CT molecular complexity index is 701. The van der Waals surface area contributed by atoms with E-state index in [9.17, 15) is 0 Å². The zero-order chi connectivity index (χ0) is 13.2. The summed E-state index contributed by atoms with van der Waals surface area (Å²) in [5.74, 6) is 1.04. The van der Waals surface area contributed by atoms with Gasteiger partial charge < -0.3 is 9.88 Å². The van der Waals surface area contributed by atoms with E-state index in [0.29, 0.717) is 0 Å². The lowest BCUT2D eigenvalue weighted by atomic mass is 10.3. The van der Waals surface area contributed by atoms with Crippen LogP contribution in [0.25, 0.3) is 11.0 Å². The maximum Gasteiger partial charge on any atom is 0.128 e. The topological polar surface area (TPSA) is 29.9 Å². The summed E-state index contributed by atoms with van der Waals surface area (Å²) in [4.78, 5) is 4.64. The fraction of sp³-hybridized carbons (Fsp3) is 0.133. The average molecular weight is 363 g/mol. The molecule has 3 aromatic rings. The van der Waals surface area contributed by atoms with Crippen molar-refractivity contribution in [2.45, 2.75) is 6.54 Å². The molecule has 0 atom stereocenters. The minimum absolute atomic E-state index is 0.728. The van der Waals surface area contributed by atoms with Crippen molar-refractivity contribution in [1.82, 2.24) is 9.55 Å². The molecule has 0 amide bonds. The molecule has 0 aliphatic carbocycles. The molecule has 4 heteroatoms. The van der Waals surface area contributed by atoms with Gasteiger partial charge >= 0.3 is 0 Å². The van der Waals surface area contributed by atoms with Crippen LogP contribution in [0.5, 0.6) is 0 Å². The van der Waals surface area contributed by atoms with Gasteiger partial charge in [-0.2, -0.15) is 0 Å². The number of aryl methyl sites for hydroxylation is 1. The van der Waals surface area contributed by atoms with Gasteiger partial charge in [-0.1, -0.05) is 12.1 Å². The molecule has 19 heavy (non-hydrogen) atoms. The Labute approximate surface area is 125 Å². The summed E-state index contributed by atoms with van der Waals surface area (Å²) in [6.07, 6.45) is 0. The Morgan fingerprint density at radius 3 is 2.58 bits per heavy atom. The molecule has 1 aromatic heterocycles. The number of nitrogens with zero attached hydrogens (tertiary/aromatic N) is 2. The molecule has 1 heterocycles. The summed E-state index contributed by atoms with van der Waals surface area (Å²) in [5, 5.41) is 3.40. The lowest BCUT2D eigenvalue weighted by Gasteiger charge is -2.06. The molecular formula is C15H14IN3. The van der Waals surface area contributed by atoms with Gasteiger partial charge in [0.25, 0.3) is 0 Å². The number of aromatic nitrogens is 2. The molecule has 0 spiro atoms. The summed E-state index contributed by atoms with van der Waals surface area (Å²) in [6.45, 7) is 0.728. The fourth-order valence-electron chi connectivity index (χ4n) is 2.10. The van der Waals surface area contributed by atoms with E-state index in [1.807, 2.05) is 18.2 Å². The molecule has 0 unspecified atom stereocenters. The molecule has 0 aliphatic heterocycles. The van der Waals surface area contributed by atoms with Crippen LogP contribution in [-0.2, 0) is 13.6 Å². The van der Waals surface area contributed by atoms with E-state index >= 15 is 0 Å². The first-order valence-corrected chi connectivity index (χ1v) is 7.22. The van der Waals surface area contributed by atoms with E-state index in [2.05, 4.69) is 74.8 Å². The SMILES string of the molecule is Cn1c(CNc2ccc(I)cc2)nc2ccccc21. The quantitative estimate of drug-likeness (QED) is 0.718. The number of anilines is 1. The van der Waals surface area contributed by atoms with Crippen LogP contribution in [0.1, 0.15) is 5.82 Å². The Kier molecular flexibility index (Phi) is 3.42. The Morgan fingerprint density at radius 1 is 1.11 bits per heavy atom. The van der Waals surface area contributed by atoms with E-state index in [-0.39, 0.29) is 0 Å². The predicted molar refractivity (Wildman–Crippen MR) is 87.2 cm³/mol. The lowest BCUT2D eigenvalue weighted by Crippen LogP contribution is -2.05. The first-order chi connectivity index (χ1) is 9.24. The second-order valence-electron chi connectivity index (χ2n) is 4.44. The number of hydrogen-bond donors (Lipinski definition) is 1. The highest BCUT2D eigenvalue weighted by Gasteiger charge is 2.06. The molecule has 0 saturated heterocycles. The Morgan fingerprint density at radius 2 is 1.84 bits per heavy atom.